The number of hydrogen-bond donors (Lipinski definition) is 1. The summed E-state index contributed by atoms with van der Waals surface area (Å²) in [7, 11) is 0. The van der Waals surface area contributed by atoms with Gasteiger partial charge in [-0.3, -0.25) is 4.79 Å². The van der Waals surface area contributed by atoms with Crippen LogP contribution < -0.4 is 5.73 Å². The largest absolute Gasteiger partial charge is 0.370 e. The number of amides is 1. The number of nitrogens with two attached hydrogens (primary N) is 1. The lowest BCUT2D eigenvalue weighted by Gasteiger charge is -2.34. The van der Waals surface area contributed by atoms with Crippen molar-refractivity contribution in [2.24, 2.45) is 11.7 Å². The molecule has 1 aromatic rings. The van der Waals surface area contributed by atoms with E-state index in [1.165, 1.54) is 6.07 Å². The van der Waals surface area contributed by atoms with Crippen molar-refractivity contribution in [3.63, 3.8) is 0 Å². The van der Waals surface area contributed by atoms with Crippen LogP contribution in [0.5, 0.6) is 0 Å². The summed E-state index contributed by atoms with van der Waals surface area (Å²) >= 11 is 5.83. The molecule has 6 heteroatoms. The van der Waals surface area contributed by atoms with Crippen molar-refractivity contribution in [1.29, 1.82) is 0 Å². The zero-order valence-corrected chi connectivity index (χ0v) is 13.1. The van der Waals surface area contributed by atoms with Gasteiger partial charge in [-0.25, -0.2) is 4.39 Å². The molecule has 0 bridgehead atoms. The molecular weight excluding hydrogens is 307 g/mol. The van der Waals surface area contributed by atoms with Crippen LogP contribution in [0.2, 0.25) is 5.02 Å². The van der Waals surface area contributed by atoms with Gasteiger partial charge in [0.2, 0.25) is 5.91 Å². The highest BCUT2D eigenvalue weighted by molar-refractivity contribution is 6.30. The normalized spacial score (nSPS) is 28.9. The zero-order chi connectivity index (χ0) is 15.7. The monoisotopic (exact) mass is 326 g/mol. The Morgan fingerprint density at radius 2 is 2.23 bits per heavy atom. The molecule has 1 aliphatic carbocycles. The first-order chi connectivity index (χ1) is 10.5. The van der Waals surface area contributed by atoms with Crippen molar-refractivity contribution >= 4 is 17.5 Å². The summed E-state index contributed by atoms with van der Waals surface area (Å²) < 4.78 is 19.0. The molecule has 4 nitrogen and oxygen atoms in total. The quantitative estimate of drug-likeness (QED) is 0.908. The number of nitrogens with zero attached hydrogens (tertiary/aromatic N) is 1. The Labute approximate surface area is 134 Å². The highest BCUT2D eigenvalue weighted by atomic mass is 35.5. The Morgan fingerprint density at radius 3 is 2.91 bits per heavy atom. The van der Waals surface area contributed by atoms with Crippen molar-refractivity contribution in [3.8, 4) is 0 Å². The Hall–Kier alpha value is -1.17. The molecular formula is C16H20ClFN2O2. The number of halogens is 2. The van der Waals surface area contributed by atoms with Gasteiger partial charge in [0.05, 0.1) is 18.2 Å². The maximum absolute atomic E-state index is 13.3. The molecule has 1 saturated heterocycles. The number of hydrogen-bond acceptors (Lipinski definition) is 3. The minimum Gasteiger partial charge on any atom is -0.370 e. The predicted molar refractivity (Wildman–Crippen MR) is 82.0 cm³/mol. The number of ether oxygens (including phenoxy) is 1. The molecule has 0 spiro atoms. The van der Waals surface area contributed by atoms with Crippen LogP contribution in [0.4, 0.5) is 4.39 Å². The SMILES string of the molecule is N[C@@H]1CC[C@@H](C(=O)N2CCO[C@@H](c3ccc(F)c(Cl)c3)C2)C1. The number of morpholine rings is 1. The number of carbonyl (C=O) groups excluding carboxylic acids is 1. The third-order valence-corrected chi connectivity index (χ3v) is 4.81. The molecule has 1 aromatic carbocycles. The zero-order valence-electron chi connectivity index (χ0n) is 12.3. The van der Waals surface area contributed by atoms with Gasteiger partial charge < -0.3 is 15.4 Å². The van der Waals surface area contributed by atoms with E-state index < -0.39 is 5.82 Å². The molecule has 2 fully saturated rings. The van der Waals surface area contributed by atoms with Gasteiger partial charge in [-0.15, -0.1) is 0 Å². The van der Waals surface area contributed by atoms with E-state index in [9.17, 15) is 9.18 Å². The molecule has 22 heavy (non-hydrogen) atoms. The number of benzene rings is 1. The van der Waals surface area contributed by atoms with Crippen molar-refractivity contribution in [3.05, 3.63) is 34.6 Å². The standard InChI is InChI=1S/C16H20ClFN2O2/c17-13-8-10(2-4-14(13)18)15-9-20(5-6-22-15)16(21)11-1-3-12(19)7-11/h2,4,8,11-12,15H,1,3,5-7,9,19H2/t11-,12-,15-/m1/s1. The molecule has 3 atom stereocenters. The summed E-state index contributed by atoms with van der Waals surface area (Å²) in [5.74, 6) is -0.255. The fourth-order valence-corrected chi connectivity index (χ4v) is 3.45. The van der Waals surface area contributed by atoms with Crippen LogP contribution in [-0.2, 0) is 9.53 Å². The van der Waals surface area contributed by atoms with Crippen molar-refractivity contribution in [1.82, 2.24) is 4.90 Å². The van der Waals surface area contributed by atoms with E-state index >= 15 is 0 Å². The first kappa shape index (κ1) is 15.7. The second kappa shape index (κ2) is 6.52. The predicted octanol–water partition coefficient (Wildman–Crippen LogP) is 2.51. The van der Waals surface area contributed by atoms with E-state index in [1.807, 2.05) is 4.90 Å². The average Bonchev–Trinajstić information content (AvgIpc) is 2.96. The average molecular weight is 327 g/mol. The van der Waals surface area contributed by atoms with Gasteiger partial charge in [-0.1, -0.05) is 17.7 Å². The lowest BCUT2D eigenvalue weighted by molar-refractivity contribution is -0.143. The first-order valence-corrected chi connectivity index (χ1v) is 8.03. The van der Waals surface area contributed by atoms with E-state index in [1.54, 1.807) is 12.1 Å². The van der Waals surface area contributed by atoms with E-state index in [0.717, 1.165) is 24.8 Å². The molecule has 1 saturated carbocycles. The maximum Gasteiger partial charge on any atom is 0.225 e. The van der Waals surface area contributed by atoms with Gasteiger partial charge in [0.25, 0.3) is 0 Å². The summed E-state index contributed by atoms with van der Waals surface area (Å²) in [6.45, 7) is 1.55. The third-order valence-electron chi connectivity index (χ3n) is 4.52. The number of rotatable bonds is 2. The Morgan fingerprint density at radius 1 is 1.41 bits per heavy atom. The summed E-state index contributed by atoms with van der Waals surface area (Å²) in [6, 6.07) is 4.70. The molecule has 0 radical (unpaired) electrons. The first-order valence-electron chi connectivity index (χ1n) is 7.65. The van der Waals surface area contributed by atoms with Crippen LogP contribution in [0.15, 0.2) is 18.2 Å². The number of carbonyl (C=O) groups is 1. The molecule has 2 N–H and O–H groups in total. The molecule has 1 aliphatic heterocycles. The topological polar surface area (TPSA) is 55.6 Å². The maximum atomic E-state index is 13.3. The molecule has 120 valence electrons. The minimum atomic E-state index is -0.450. The molecule has 2 aliphatic rings. The van der Waals surface area contributed by atoms with Crippen LogP contribution in [0.3, 0.4) is 0 Å². The van der Waals surface area contributed by atoms with Crippen molar-refractivity contribution in [2.75, 3.05) is 19.7 Å². The fraction of sp³-hybridized carbons (Fsp3) is 0.562. The summed E-state index contributed by atoms with van der Waals surface area (Å²) in [6.07, 6.45) is 2.29. The van der Waals surface area contributed by atoms with Crippen LogP contribution in [0.1, 0.15) is 30.9 Å². The van der Waals surface area contributed by atoms with Gasteiger partial charge in [0.15, 0.2) is 0 Å². The van der Waals surface area contributed by atoms with E-state index in [4.69, 9.17) is 22.1 Å². The van der Waals surface area contributed by atoms with Gasteiger partial charge >= 0.3 is 0 Å². The summed E-state index contributed by atoms with van der Waals surface area (Å²) in [4.78, 5) is 14.4. The van der Waals surface area contributed by atoms with Gasteiger partial charge in [-0.2, -0.15) is 0 Å². The lowest BCUT2D eigenvalue weighted by Crippen LogP contribution is -2.44. The fourth-order valence-electron chi connectivity index (χ4n) is 3.26. The van der Waals surface area contributed by atoms with Gasteiger partial charge in [0, 0.05) is 18.5 Å². The minimum absolute atomic E-state index is 0.0329. The second-order valence-corrected chi connectivity index (χ2v) is 6.49. The van der Waals surface area contributed by atoms with E-state index in [0.29, 0.717) is 19.7 Å². The smallest absolute Gasteiger partial charge is 0.225 e. The molecule has 1 amide bonds. The Bertz CT molecular complexity index is 569. The second-order valence-electron chi connectivity index (χ2n) is 6.09. The van der Waals surface area contributed by atoms with Crippen LogP contribution >= 0.6 is 11.6 Å². The summed E-state index contributed by atoms with van der Waals surface area (Å²) in [5, 5.41) is 0.0753. The van der Waals surface area contributed by atoms with Crippen LogP contribution in [0, 0.1) is 11.7 Å². The van der Waals surface area contributed by atoms with Crippen LogP contribution in [-0.4, -0.2) is 36.5 Å². The van der Waals surface area contributed by atoms with E-state index in [2.05, 4.69) is 0 Å². The van der Waals surface area contributed by atoms with Crippen LogP contribution in [0.25, 0.3) is 0 Å². The van der Waals surface area contributed by atoms with Gasteiger partial charge in [0.1, 0.15) is 11.9 Å². The molecule has 0 aromatic heterocycles. The van der Waals surface area contributed by atoms with Gasteiger partial charge in [-0.05, 0) is 37.0 Å². The highest BCUT2D eigenvalue weighted by Gasteiger charge is 2.33. The lowest BCUT2D eigenvalue weighted by atomic mass is 10.0. The Kier molecular flexibility index (Phi) is 4.66. The van der Waals surface area contributed by atoms with Crippen molar-refractivity contribution in [2.45, 2.75) is 31.4 Å². The highest BCUT2D eigenvalue weighted by Crippen LogP contribution is 2.30. The van der Waals surface area contributed by atoms with E-state index in [-0.39, 0.29) is 29.0 Å². The van der Waals surface area contributed by atoms with Crippen molar-refractivity contribution < 1.29 is 13.9 Å². The molecule has 0 unspecified atom stereocenters. The molecule has 1 heterocycles. The Balaban J connectivity index is 1.68. The third kappa shape index (κ3) is 3.26. The summed E-state index contributed by atoms with van der Waals surface area (Å²) in [5.41, 5.74) is 6.69. The molecule has 3 rings (SSSR count).